The molecule has 3 N–H and O–H groups in total. The molecule has 11 heteroatoms. The lowest BCUT2D eigenvalue weighted by Crippen LogP contribution is -2.41. The Bertz CT molecular complexity index is 1530. The van der Waals surface area contributed by atoms with Gasteiger partial charge in [0.2, 0.25) is 5.95 Å². The second-order valence-corrected chi connectivity index (χ2v) is 9.20. The molecule has 0 unspecified atom stereocenters. The molecular weight excluding hydrogens is 472 g/mol. The maximum atomic E-state index is 13.6. The Balaban J connectivity index is 1.33. The van der Waals surface area contributed by atoms with Crippen LogP contribution in [0, 0.1) is 0 Å². The second kappa shape index (κ2) is 9.58. The molecule has 37 heavy (non-hydrogen) atoms. The lowest BCUT2D eigenvalue weighted by atomic mass is 9.98. The fraction of sp³-hybridized carbons (Fsp3) is 0.308. The highest BCUT2D eigenvalue weighted by molar-refractivity contribution is 6.06. The zero-order valence-electron chi connectivity index (χ0n) is 20.1. The Kier molecular flexibility index (Phi) is 5.97. The number of aromatic amines is 1. The van der Waals surface area contributed by atoms with Crippen LogP contribution < -0.4 is 15.8 Å². The number of hydrogen-bond donors (Lipinski definition) is 3. The number of hydrogen-bond acceptors (Lipinski definition) is 8. The van der Waals surface area contributed by atoms with Crippen LogP contribution in [-0.2, 0) is 32.5 Å². The summed E-state index contributed by atoms with van der Waals surface area (Å²) in [5.41, 5.74) is 5.36. The molecule has 2 aliphatic rings. The highest BCUT2D eigenvalue weighted by Gasteiger charge is 2.32. The normalized spacial score (nSPS) is 14.8. The Labute approximate surface area is 212 Å². The number of nitrogens with one attached hydrogen (secondary N) is 2. The van der Waals surface area contributed by atoms with Gasteiger partial charge in [-0.1, -0.05) is 0 Å². The number of carbonyl (C=O) groups is 1. The molecule has 188 valence electrons. The molecule has 11 nitrogen and oxygen atoms in total. The van der Waals surface area contributed by atoms with Gasteiger partial charge in [0.15, 0.2) is 0 Å². The molecule has 0 bridgehead atoms. The average molecular weight is 499 g/mol. The van der Waals surface area contributed by atoms with Crippen molar-refractivity contribution in [2.45, 2.75) is 45.4 Å². The predicted molar refractivity (Wildman–Crippen MR) is 136 cm³/mol. The number of amides is 1. The number of carbonyl (C=O) groups excluding carboxylic acids is 1. The number of fused-ring (bicyclic) bond motifs is 3. The topological polar surface area (TPSA) is 142 Å². The van der Waals surface area contributed by atoms with Gasteiger partial charge in [-0.2, -0.15) is 5.10 Å². The first-order chi connectivity index (χ1) is 18.1. The van der Waals surface area contributed by atoms with Crippen LogP contribution in [0.4, 0.5) is 11.8 Å². The maximum absolute atomic E-state index is 13.6. The standard InChI is InChI=1S/C26H26N8O3/c35-15-20-19(17-11-18(24(36)29-13-17)14-30-26-28-7-8-31-32-26)5-6-27-23(20)34-10-9-33-21-4-2-1-3-16(21)12-22(33)25(34)37/h5-8,11-13,35H,1-4,9-10,14-15H2,(H,29,36)(H,28,30,32). The number of anilines is 2. The highest BCUT2D eigenvalue weighted by atomic mass is 16.3. The second-order valence-electron chi connectivity index (χ2n) is 9.20. The van der Waals surface area contributed by atoms with E-state index < -0.39 is 0 Å². The van der Waals surface area contributed by atoms with Crippen LogP contribution in [0.15, 0.2) is 47.8 Å². The lowest BCUT2D eigenvalue weighted by molar-refractivity contribution is 0.0963. The third kappa shape index (κ3) is 4.16. The third-order valence-electron chi connectivity index (χ3n) is 7.08. The van der Waals surface area contributed by atoms with Crippen LogP contribution in [-0.4, -0.2) is 47.3 Å². The molecule has 4 aromatic heterocycles. The van der Waals surface area contributed by atoms with Gasteiger partial charge >= 0.3 is 0 Å². The quantitative estimate of drug-likeness (QED) is 0.367. The van der Waals surface area contributed by atoms with Crippen LogP contribution >= 0.6 is 0 Å². The Hall–Kier alpha value is -4.38. The zero-order chi connectivity index (χ0) is 25.4. The van der Waals surface area contributed by atoms with Crippen molar-refractivity contribution in [3.8, 4) is 11.1 Å². The van der Waals surface area contributed by atoms with E-state index in [0.29, 0.717) is 52.8 Å². The number of pyridine rings is 2. The van der Waals surface area contributed by atoms with Gasteiger partial charge in [-0.3, -0.25) is 14.5 Å². The molecule has 0 saturated carbocycles. The summed E-state index contributed by atoms with van der Waals surface area (Å²) in [4.78, 5) is 39.0. The first-order valence-electron chi connectivity index (χ1n) is 12.4. The fourth-order valence-corrected chi connectivity index (χ4v) is 5.30. The van der Waals surface area contributed by atoms with E-state index in [0.717, 1.165) is 25.7 Å². The minimum absolute atomic E-state index is 0.108. The molecule has 1 aliphatic heterocycles. The maximum Gasteiger partial charge on any atom is 0.276 e. The van der Waals surface area contributed by atoms with Crippen molar-refractivity contribution in [1.29, 1.82) is 0 Å². The van der Waals surface area contributed by atoms with Crippen LogP contribution in [0.1, 0.15) is 45.7 Å². The molecule has 6 rings (SSSR count). The van der Waals surface area contributed by atoms with Gasteiger partial charge in [0.25, 0.3) is 11.5 Å². The highest BCUT2D eigenvalue weighted by Crippen LogP contribution is 2.33. The van der Waals surface area contributed by atoms with Crippen LogP contribution in [0.3, 0.4) is 0 Å². The fourth-order valence-electron chi connectivity index (χ4n) is 5.30. The molecule has 0 atom stereocenters. The monoisotopic (exact) mass is 498 g/mol. The summed E-state index contributed by atoms with van der Waals surface area (Å²) < 4.78 is 2.16. The molecule has 0 aromatic carbocycles. The molecule has 0 spiro atoms. The molecule has 0 radical (unpaired) electrons. The van der Waals surface area contributed by atoms with Gasteiger partial charge in [0, 0.05) is 48.8 Å². The summed E-state index contributed by atoms with van der Waals surface area (Å²) in [6, 6.07) is 5.55. The Morgan fingerprint density at radius 1 is 1.05 bits per heavy atom. The number of rotatable bonds is 6. The number of H-pyrrole nitrogens is 1. The van der Waals surface area contributed by atoms with E-state index in [1.807, 2.05) is 6.07 Å². The predicted octanol–water partition coefficient (Wildman–Crippen LogP) is 2.07. The van der Waals surface area contributed by atoms with Crippen molar-refractivity contribution < 1.29 is 9.90 Å². The van der Waals surface area contributed by atoms with Gasteiger partial charge < -0.3 is 20.0 Å². The molecule has 1 amide bonds. The third-order valence-corrected chi connectivity index (χ3v) is 7.08. The number of aliphatic hydroxyl groups excluding tert-OH is 1. The van der Waals surface area contributed by atoms with Crippen molar-refractivity contribution in [1.82, 2.24) is 29.7 Å². The molecular formula is C26H26N8O3. The summed E-state index contributed by atoms with van der Waals surface area (Å²) in [6.45, 7) is 1.05. The van der Waals surface area contributed by atoms with E-state index in [-0.39, 0.29) is 24.6 Å². The molecule has 4 aromatic rings. The van der Waals surface area contributed by atoms with Crippen LogP contribution in [0.25, 0.3) is 11.1 Å². The van der Waals surface area contributed by atoms with E-state index >= 15 is 0 Å². The minimum atomic E-state index is -0.309. The number of aliphatic hydroxyl groups is 1. The van der Waals surface area contributed by atoms with Crippen molar-refractivity contribution >= 4 is 17.7 Å². The van der Waals surface area contributed by atoms with Crippen LogP contribution in [0.2, 0.25) is 0 Å². The summed E-state index contributed by atoms with van der Waals surface area (Å²) >= 11 is 0. The van der Waals surface area contributed by atoms with Crippen molar-refractivity contribution in [3.63, 3.8) is 0 Å². The first-order valence-corrected chi connectivity index (χ1v) is 12.4. The van der Waals surface area contributed by atoms with Gasteiger partial charge in [0.05, 0.1) is 19.0 Å². The number of aromatic nitrogens is 6. The smallest absolute Gasteiger partial charge is 0.276 e. The first kappa shape index (κ1) is 23.0. The Morgan fingerprint density at radius 3 is 2.78 bits per heavy atom. The van der Waals surface area contributed by atoms with Gasteiger partial charge in [0.1, 0.15) is 11.5 Å². The summed E-state index contributed by atoms with van der Waals surface area (Å²) in [7, 11) is 0. The van der Waals surface area contributed by atoms with Crippen molar-refractivity contribution in [2.24, 2.45) is 0 Å². The van der Waals surface area contributed by atoms with Gasteiger partial charge in [-0.05, 0) is 60.6 Å². The molecule has 0 saturated heterocycles. The van der Waals surface area contributed by atoms with E-state index in [1.54, 1.807) is 29.4 Å². The van der Waals surface area contributed by atoms with Gasteiger partial charge in [-0.25, -0.2) is 9.97 Å². The molecule has 0 fully saturated rings. The van der Waals surface area contributed by atoms with E-state index in [1.165, 1.54) is 23.7 Å². The van der Waals surface area contributed by atoms with E-state index in [4.69, 9.17) is 0 Å². The largest absolute Gasteiger partial charge is 0.392 e. The number of nitrogens with zero attached hydrogens (tertiary/aromatic N) is 6. The summed E-state index contributed by atoms with van der Waals surface area (Å²) in [6.07, 6.45) is 10.5. The lowest BCUT2D eigenvalue weighted by Gasteiger charge is -2.30. The van der Waals surface area contributed by atoms with Crippen LogP contribution in [0.5, 0.6) is 0 Å². The van der Waals surface area contributed by atoms with E-state index in [2.05, 4.69) is 35.0 Å². The Morgan fingerprint density at radius 2 is 1.95 bits per heavy atom. The minimum Gasteiger partial charge on any atom is -0.392 e. The van der Waals surface area contributed by atoms with Crippen molar-refractivity contribution in [3.05, 3.63) is 81.4 Å². The zero-order valence-corrected chi connectivity index (χ0v) is 20.1. The van der Waals surface area contributed by atoms with E-state index in [9.17, 15) is 14.7 Å². The average Bonchev–Trinajstić information content (AvgIpc) is 3.33. The van der Waals surface area contributed by atoms with Crippen molar-refractivity contribution in [2.75, 3.05) is 16.8 Å². The number of aryl methyl sites for hydroxylation is 1. The summed E-state index contributed by atoms with van der Waals surface area (Å²) in [5.74, 6) is 0.637. The molecule has 1 aliphatic carbocycles. The summed E-state index contributed by atoms with van der Waals surface area (Å²) in [5, 5.41) is 21.0. The molecule has 5 heterocycles. The SMILES string of the molecule is O=C1c2cc3c(n2CCN1c1nccc(-c2c[nH]c(=O)c(CNc4nccnn4)c2)c1CO)CCCC3. The van der Waals surface area contributed by atoms with Gasteiger partial charge in [-0.15, -0.1) is 5.10 Å².